The predicted octanol–water partition coefficient (Wildman–Crippen LogP) is 4.20. The van der Waals surface area contributed by atoms with Crippen LogP contribution >= 0.6 is 15.9 Å². The molecule has 0 aliphatic heterocycles. The van der Waals surface area contributed by atoms with Crippen LogP contribution in [-0.2, 0) is 6.54 Å². The summed E-state index contributed by atoms with van der Waals surface area (Å²) in [6.07, 6.45) is 6.46. The first-order valence-corrected chi connectivity index (χ1v) is 6.37. The highest BCUT2D eigenvalue weighted by molar-refractivity contribution is 9.10. The average molecular weight is 264 g/mol. The molecule has 2 heteroatoms. The van der Waals surface area contributed by atoms with Gasteiger partial charge in [-0.25, -0.2) is 0 Å². The number of fused-ring (bicyclic) bond motifs is 1. The topological polar surface area (TPSA) is 4.93 Å². The van der Waals surface area contributed by atoms with E-state index >= 15 is 0 Å². The maximum Gasteiger partial charge on any atom is 0.0491 e. The molecule has 78 valence electrons. The van der Waals surface area contributed by atoms with E-state index in [-0.39, 0.29) is 0 Å². The van der Waals surface area contributed by atoms with Crippen LogP contribution in [0.5, 0.6) is 0 Å². The molecule has 1 nitrogen and oxygen atoms in total. The van der Waals surface area contributed by atoms with Crippen molar-refractivity contribution in [3.63, 3.8) is 0 Å². The summed E-state index contributed by atoms with van der Waals surface area (Å²) < 4.78 is 3.59. The molecular weight excluding hydrogens is 250 g/mol. The number of hydrogen-bond donors (Lipinski definition) is 0. The minimum absolute atomic E-state index is 0.916. The van der Waals surface area contributed by atoms with Crippen LogP contribution < -0.4 is 0 Å². The lowest BCUT2D eigenvalue weighted by atomic mass is 9.85. The van der Waals surface area contributed by atoms with Crippen LogP contribution in [0.2, 0.25) is 0 Å². The standard InChI is InChI=1S/C13H14BrN/c14-12-5-2-6-13-11(12)7-8-15(13)9-10-3-1-4-10/h2,5-8,10H,1,3-4,9H2. The summed E-state index contributed by atoms with van der Waals surface area (Å²) in [5, 5.41) is 1.33. The first-order chi connectivity index (χ1) is 7.34. The molecule has 15 heavy (non-hydrogen) atoms. The molecule has 1 saturated carbocycles. The summed E-state index contributed by atoms with van der Waals surface area (Å²) >= 11 is 3.59. The molecule has 0 amide bonds. The number of aromatic nitrogens is 1. The van der Waals surface area contributed by atoms with E-state index in [1.807, 2.05) is 0 Å². The van der Waals surface area contributed by atoms with Crippen LogP contribution in [0.3, 0.4) is 0 Å². The van der Waals surface area contributed by atoms with E-state index in [2.05, 4.69) is 51.0 Å². The second kappa shape index (κ2) is 3.67. The summed E-state index contributed by atoms with van der Waals surface area (Å²) in [5.74, 6) is 0.916. The summed E-state index contributed by atoms with van der Waals surface area (Å²) in [4.78, 5) is 0. The highest BCUT2D eigenvalue weighted by atomic mass is 79.9. The maximum atomic E-state index is 3.59. The van der Waals surface area contributed by atoms with Crippen LogP contribution in [0, 0.1) is 5.92 Å². The van der Waals surface area contributed by atoms with Crippen molar-refractivity contribution in [1.29, 1.82) is 0 Å². The summed E-state index contributed by atoms with van der Waals surface area (Å²) in [5.41, 5.74) is 1.36. The number of benzene rings is 1. The monoisotopic (exact) mass is 263 g/mol. The molecule has 3 rings (SSSR count). The second-order valence-corrected chi connectivity index (χ2v) is 5.29. The Morgan fingerprint density at radius 3 is 2.87 bits per heavy atom. The van der Waals surface area contributed by atoms with Crippen molar-refractivity contribution in [2.24, 2.45) is 5.92 Å². The first kappa shape index (κ1) is 9.46. The van der Waals surface area contributed by atoms with Crippen molar-refractivity contribution in [3.05, 3.63) is 34.9 Å². The van der Waals surface area contributed by atoms with Gasteiger partial charge in [0.2, 0.25) is 0 Å². The van der Waals surface area contributed by atoms with Gasteiger partial charge in [-0.05, 0) is 37.0 Å². The van der Waals surface area contributed by atoms with E-state index in [1.54, 1.807) is 0 Å². The molecule has 1 fully saturated rings. The van der Waals surface area contributed by atoms with Crippen LogP contribution in [0.15, 0.2) is 34.9 Å². The molecule has 0 N–H and O–H groups in total. The van der Waals surface area contributed by atoms with E-state index < -0.39 is 0 Å². The fourth-order valence-corrected chi connectivity index (χ4v) is 2.79. The predicted molar refractivity (Wildman–Crippen MR) is 67.0 cm³/mol. The van der Waals surface area contributed by atoms with E-state index in [0.29, 0.717) is 0 Å². The lowest BCUT2D eigenvalue weighted by molar-refractivity contribution is 0.280. The fraction of sp³-hybridized carbons (Fsp3) is 0.385. The fourth-order valence-electron chi connectivity index (χ4n) is 2.30. The highest BCUT2D eigenvalue weighted by Gasteiger charge is 2.18. The Hall–Kier alpha value is -0.760. The van der Waals surface area contributed by atoms with Crippen LogP contribution in [0.1, 0.15) is 19.3 Å². The molecule has 1 aromatic carbocycles. The summed E-state index contributed by atoms with van der Waals surface area (Å²) in [6.45, 7) is 1.19. The Kier molecular flexibility index (Phi) is 2.32. The van der Waals surface area contributed by atoms with Crippen molar-refractivity contribution in [2.45, 2.75) is 25.8 Å². The molecule has 0 spiro atoms. The third kappa shape index (κ3) is 1.61. The van der Waals surface area contributed by atoms with E-state index in [1.165, 1.54) is 41.2 Å². The Labute approximate surface area is 98.2 Å². The zero-order chi connectivity index (χ0) is 10.3. The third-order valence-electron chi connectivity index (χ3n) is 3.44. The molecule has 0 unspecified atom stereocenters. The smallest absolute Gasteiger partial charge is 0.0491 e. The molecule has 1 aliphatic carbocycles. The van der Waals surface area contributed by atoms with Gasteiger partial charge in [0.1, 0.15) is 0 Å². The summed E-state index contributed by atoms with van der Waals surface area (Å²) in [7, 11) is 0. The Morgan fingerprint density at radius 2 is 2.13 bits per heavy atom. The maximum absolute atomic E-state index is 3.59. The van der Waals surface area contributed by atoms with Crippen molar-refractivity contribution < 1.29 is 0 Å². The van der Waals surface area contributed by atoms with Gasteiger partial charge in [0.15, 0.2) is 0 Å². The van der Waals surface area contributed by atoms with E-state index in [9.17, 15) is 0 Å². The van der Waals surface area contributed by atoms with Gasteiger partial charge in [-0.2, -0.15) is 0 Å². The highest BCUT2D eigenvalue weighted by Crippen LogP contribution is 2.31. The van der Waals surface area contributed by atoms with Gasteiger partial charge in [-0.15, -0.1) is 0 Å². The normalized spacial score (nSPS) is 16.9. The number of halogens is 1. The molecule has 0 atom stereocenters. The van der Waals surface area contributed by atoms with Gasteiger partial charge in [-0.3, -0.25) is 0 Å². The van der Waals surface area contributed by atoms with E-state index in [4.69, 9.17) is 0 Å². The molecular formula is C13H14BrN. The van der Waals surface area contributed by atoms with Crippen LogP contribution in [0.25, 0.3) is 10.9 Å². The SMILES string of the molecule is Brc1cccc2c1ccn2CC1CCC1. The largest absolute Gasteiger partial charge is 0.347 e. The van der Waals surface area contributed by atoms with Crippen LogP contribution in [-0.4, -0.2) is 4.57 Å². The zero-order valence-corrected chi connectivity index (χ0v) is 10.2. The van der Waals surface area contributed by atoms with Gasteiger partial charge >= 0.3 is 0 Å². The van der Waals surface area contributed by atoms with Crippen molar-refractivity contribution >= 4 is 26.8 Å². The molecule has 2 aromatic rings. The molecule has 0 radical (unpaired) electrons. The molecule has 1 aromatic heterocycles. The number of hydrogen-bond acceptors (Lipinski definition) is 0. The molecule has 1 heterocycles. The van der Waals surface area contributed by atoms with Crippen molar-refractivity contribution in [3.8, 4) is 0 Å². The molecule has 0 bridgehead atoms. The lowest BCUT2D eigenvalue weighted by Gasteiger charge is -2.26. The van der Waals surface area contributed by atoms with Gasteiger partial charge in [0.25, 0.3) is 0 Å². The second-order valence-electron chi connectivity index (χ2n) is 4.44. The van der Waals surface area contributed by atoms with Gasteiger partial charge in [0.05, 0.1) is 0 Å². The quantitative estimate of drug-likeness (QED) is 0.766. The van der Waals surface area contributed by atoms with Crippen molar-refractivity contribution in [2.75, 3.05) is 0 Å². The van der Waals surface area contributed by atoms with Gasteiger partial charge < -0.3 is 4.57 Å². The van der Waals surface area contributed by atoms with Gasteiger partial charge in [0, 0.05) is 28.1 Å². The summed E-state index contributed by atoms with van der Waals surface area (Å²) in [6, 6.07) is 8.64. The van der Waals surface area contributed by atoms with Crippen LogP contribution in [0.4, 0.5) is 0 Å². The average Bonchev–Trinajstić information content (AvgIpc) is 2.56. The minimum Gasteiger partial charge on any atom is -0.347 e. The minimum atomic E-state index is 0.916. The lowest BCUT2D eigenvalue weighted by Crippen LogP contribution is -2.17. The van der Waals surface area contributed by atoms with E-state index in [0.717, 1.165) is 5.92 Å². The van der Waals surface area contributed by atoms with Crippen molar-refractivity contribution in [1.82, 2.24) is 4.57 Å². The third-order valence-corrected chi connectivity index (χ3v) is 4.13. The first-order valence-electron chi connectivity index (χ1n) is 5.58. The number of nitrogens with zero attached hydrogens (tertiary/aromatic N) is 1. The zero-order valence-electron chi connectivity index (χ0n) is 8.62. The Morgan fingerprint density at radius 1 is 1.27 bits per heavy atom. The van der Waals surface area contributed by atoms with Gasteiger partial charge in [-0.1, -0.05) is 28.4 Å². The number of rotatable bonds is 2. The Balaban J connectivity index is 2.00. The Bertz CT molecular complexity index is 482. The molecule has 0 saturated heterocycles. The molecule has 1 aliphatic rings.